The Bertz CT molecular complexity index is 597. The van der Waals surface area contributed by atoms with E-state index in [1.165, 1.54) is 0 Å². The van der Waals surface area contributed by atoms with Crippen LogP contribution >= 0.6 is 0 Å². The summed E-state index contributed by atoms with van der Waals surface area (Å²) >= 11 is 0. The molecule has 0 aliphatic carbocycles. The average Bonchev–Trinajstić information content (AvgIpc) is 2.91. The van der Waals surface area contributed by atoms with Gasteiger partial charge in [-0.15, -0.1) is 10.2 Å². The van der Waals surface area contributed by atoms with Crippen molar-refractivity contribution in [2.75, 3.05) is 6.54 Å². The van der Waals surface area contributed by atoms with Gasteiger partial charge in [0.15, 0.2) is 11.6 Å². The number of aryl methyl sites for hydroxylation is 2. The van der Waals surface area contributed by atoms with Gasteiger partial charge in [0.05, 0.1) is 11.6 Å². The maximum Gasteiger partial charge on any atom is 0.167 e. The van der Waals surface area contributed by atoms with Crippen LogP contribution in [0.3, 0.4) is 0 Å². The third-order valence-corrected chi connectivity index (χ3v) is 3.71. The van der Waals surface area contributed by atoms with E-state index in [2.05, 4.69) is 33.9 Å². The first-order chi connectivity index (χ1) is 9.08. The van der Waals surface area contributed by atoms with Crippen LogP contribution in [-0.4, -0.2) is 21.3 Å². The molecule has 5 nitrogen and oxygen atoms in total. The van der Waals surface area contributed by atoms with Gasteiger partial charge in [-0.1, -0.05) is 13.8 Å². The summed E-state index contributed by atoms with van der Waals surface area (Å²) in [7, 11) is 0. The van der Waals surface area contributed by atoms with E-state index in [0.29, 0.717) is 5.92 Å². The van der Waals surface area contributed by atoms with Crippen LogP contribution in [0.5, 0.6) is 0 Å². The van der Waals surface area contributed by atoms with Crippen LogP contribution in [0, 0.1) is 19.8 Å². The van der Waals surface area contributed by atoms with Crippen molar-refractivity contribution in [3.05, 3.63) is 23.4 Å². The molecule has 0 bridgehead atoms. The number of fused-ring (bicyclic) bond motifs is 1. The lowest BCUT2D eigenvalue weighted by atomic mass is 10.0. The lowest BCUT2D eigenvalue weighted by molar-refractivity contribution is 0.339. The lowest BCUT2D eigenvalue weighted by Crippen LogP contribution is -2.36. The van der Waals surface area contributed by atoms with Gasteiger partial charge in [-0.05, 0) is 25.8 Å². The van der Waals surface area contributed by atoms with Crippen LogP contribution in [0.4, 0.5) is 0 Å². The largest absolute Gasteiger partial charge is 0.466 e. The predicted molar refractivity (Wildman–Crippen MR) is 72.8 cm³/mol. The standard InChI is InChI=1S/C14H20N4O/c1-8(2)12-14-17-16-13(18(14)6-5-15-12)11-7-9(3)19-10(11)4/h7-8,12,15H,5-6H2,1-4H3. The summed E-state index contributed by atoms with van der Waals surface area (Å²) in [5.41, 5.74) is 1.06. The lowest BCUT2D eigenvalue weighted by Gasteiger charge is -2.27. The fraction of sp³-hybridized carbons (Fsp3) is 0.571. The van der Waals surface area contributed by atoms with Crippen LogP contribution in [0.2, 0.25) is 0 Å². The highest BCUT2D eigenvalue weighted by atomic mass is 16.3. The molecule has 1 aliphatic rings. The van der Waals surface area contributed by atoms with Gasteiger partial charge in [-0.25, -0.2) is 0 Å². The molecule has 0 saturated carbocycles. The van der Waals surface area contributed by atoms with Crippen LogP contribution < -0.4 is 5.32 Å². The number of aromatic nitrogens is 3. The van der Waals surface area contributed by atoms with Gasteiger partial charge < -0.3 is 14.3 Å². The van der Waals surface area contributed by atoms with Crippen molar-refractivity contribution in [2.24, 2.45) is 5.92 Å². The summed E-state index contributed by atoms with van der Waals surface area (Å²) in [6, 6.07) is 2.32. The number of nitrogens with zero attached hydrogens (tertiary/aromatic N) is 3. The maximum absolute atomic E-state index is 5.61. The molecule has 3 heterocycles. The second-order valence-corrected chi connectivity index (χ2v) is 5.54. The molecule has 0 radical (unpaired) electrons. The average molecular weight is 260 g/mol. The molecule has 0 saturated heterocycles. The molecule has 0 amide bonds. The second-order valence-electron chi connectivity index (χ2n) is 5.54. The summed E-state index contributed by atoms with van der Waals surface area (Å²) in [6.45, 7) is 10.2. The monoisotopic (exact) mass is 260 g/mol. The van der Waals surface area contributed by atoms with E-state index < -0.39 is 0 Å². The molecule has 5 heteroatoms. The zero-order valence-electron chi connectivity index (χ0n) is 11.9. The molecule has 1 N–H and O–H groups in total. The fourth-order valence-corrected chi connectivity index (χ4v) is 2.77. The minimum absolute atomic E-state index is 0.281. The maximum atomic E-state index is 5.61. The molecule has 1 unspecified atom stereocenters. The Balaban J connectivity index is 2.08. The van der Waals surface area contributed by atoms with Crippen molar-refractivity contribution in [3.63, 3.8) is 0 Å². The van der Waals surface area contributed by atoms with Crippen LogP contribution in [0.25, 0.3) is 11.4 Å². The van der Waals surface area contributed by atoms with Gasteiger partial charge in [0.1, 0.15) is 11.5 Å². The molecule has 19 heavy (non-hydrogen) atoms. The van der Waals surface area contributed by atoms with Crippen molar-refractivity contribution in [1.29, 1.82) is 0 Å². The zero-order valence-corrected chi connectivity index (χ0v) is 11.9. The van der Waals surface area contributed by atoms with Crippen LogP contribution in [0.15, 0.2) is 10.5 Å². The molecule has 1 atom stereocenters. The molecule has 0 fully saturated rings. The van der Waals surface area contributed by atoms with E-state index >= 15 is 0 Å². The van der Waals surface area contributed by atoms with Crippen molar-refractivity contribution in [2.45, 2.75) is 40.3 Å². The summed E-state index contributed by atoms with van der Waals surface area (Å²) in [4.78, 5) is 0. The zero-order chi connectivity index (χ0) is 13.6. The first-order valence-electron chi connectivity index (χ1n) is 6.82. The highest BCUT2D eigenvalue weighted by Gasteiger charge is 2.28. The first kappa shape index (κ1) is 12.4. The molecular formula is C14H20N4O. The molecule has 102 valence electrons. The van der Waals surface area contributed by atoms with Gasteiger partial charge in [0, 0.05) is 13.1 Å². The quantitative estimate of drug-likeness (QED) is 0.901. The van der Waals surface area contributed by atoms with E-state index in [1.54, 1.807) is 0 Å². The Kier molecular flexibility index (Phi) is 2.93. The van der Waals surface area contributed by atoms with E-state index in [9.17, 15) is 0 Å². The number of rotatable bonds is 2. The molecule has 3 rings (SSSR count). The normalized spacial score (nSPS) is 18.9. The van der Waals surface area contributed by atoms with Gasteiger partial charge in [-0.3, -0.25) is 0 Å². The molecule has 0 aromatic carbocycles. The number of nitrogens with one attached hydrogen (secondary N) is 1. The smallest absolute Gasteiger partial charge is 0.167 e. The number of hydrogen-bond donors (Lipinski definition) is 1. The van der Waals surface area contributed by atoms with Gasteiger partial charge in [0.25, 0.3) is 0 Å². The Morgan fingerprint density at radius 1 is 1.37 bits per heavy atom. The highest BCUT2D eigenvalue weighted by molar-refractivity contribution is 5.58. The van der Waals surface area contributed by atoms with Crippen molar-refractivity contribution in [1.82, 2.24) is 20.1 Å². The number of furan rings is 1. The van der Waals surface area contributed by atoms with E-state index in [0.717, 1.165) is 41.8 Å². The van der Waals surface area contributed by atoms with E-state index in [4.69, 9.17) is 4.42 Å². The Hall–Kier alpha value is -1.62. The molecule has 2 aromatic heterocycles. The Morgan fingerprint density at radius 3 is 2.79 bits per heavy atom. The highest BCUT2D eigenvalue weighted by Crippen LogP contribution is 2.30. The molecule has 2 aromatic rings. The summed E-state index contributed by atoms with van der Waals surface area (Å²) in [6.07, 6.45) is 0. The van der Waals surface area contributed by atoms with Gasteiger partial charge in [-0.2, -0.15) is 0 Å². The van der Waals surface area contributed by atoms with Gasteiger partial charge >= 0.3 is 0 Å². The summed E-state index contributed by atoms with van der Waals surface area (Å²) in [5.74, 6) is 4.29. The predicted octanol–water partition coefficient (Wildman–Crippen LogP) is 2.46. The molecular weight excluding hydrogens is 240 g/mol. The summed E-state index contributed by atoms with van der Waals surface area (Å²) in [5, 5.41) is 12.3. The second kappa shape index (κ2) is 4.49. The third-order valence-electron chi connectivity index (χ3n) is 3.71. The van der Waals surface area contributed by atoms with E-state index in [1.807, 2.05) is 19.9 Å². The van der Waals surface area contributed by atoms with Crippen molar-refractivity contribution < 1.29 is 4.42 Å². The fourth-order valence-electron chi connectivity index (χ4n) is 2.77. The Morgan fingerprint density at radius 2 is 2.16 bits per heavy atom. The van der Waals surface area contributed by atoms with Crippen LogP contribution in [0.1, 0.15) is 37.2 Å². The minimum Gasteiger partial charge on any atom is -0.466 e. The SMILES string of the molecule is Cc1cc(-c2nnc3n2CCNC3C(C)C)c(C)o1. The van der Waals surface area contributed by atoms with Crippen molar-refractivity contribution in [3.8, 4) is 11.4 Å². The summed E-state index contributed by atoms with van der Waals surface area (Å²) < 4.78 is 7.83. The van der Waals surface area contributed by atoms with Crippen molar-refractivity contribution >= 4 is 0 Å². The first-order valence-corrected chi connectivity index (χ1v) is 6.82. The minimum atomic E-state index is 0.281. The molecule has 1 aliphatic heterocycles. The third kappa shape index (κ3) is 1.98. The van der Waals surface area contributed by atoms with Crippen LogP contribution in [-0.2, 0) is 6.54 Å². The van der Waals surface area contributed by atoms with E-state index in [-0.39, 0.29) is 6.04 Å². The van der Waals surface area contributed by atoms with Gasteiger partial charge in [0.2, 0.25) is 0 Å². The Labute approximate surface area is 113 Å². The topological polar surface area (TPSA) is 55.9 Å². The number of hydrogen-bond acceptors (Lipinski definition) is 4. The molecule has 0 spiro atoms.